The topological polar surface area (TPSA) is 86.6 Å². The van der Waals surface area contributed by atoms with Crippen LogP contribution in [0.15, 0.2) is 11.4 Å². The lowest BCUT2D eigenvalue weighted by atomic mass is 10.2. The predicted molar refractivity (Wildman–Crippen MR) is 59.9 cm³/mol. The third kappa shape index (κ3) is 3.19. The molecule has 0 fully saturated rings. The largest absolute Gasteiger partial charge is 0.480 e. The molecule has 1 heterocycles. The fourth-order valence-corrected chi connectivity index (χ4v) is 2.11. The van der Waals surface area contributed by atoms with Crippen LogP contribution in [0.2, 0.25) is 5.02 Å². The van der Waals surface area contributed by atoms with E-state index in [0.29, 0.717) is 0 Å². The second-order valence-corrected chi connectivity index (χ2v) is 4.30. The number of carboxylic acids is 1. The van der Waals surface area contributed by atoms with Crippen molar-refractivity contribution < 1.29 is 19.8 Å². The minimum atomic E-state index is -1.19. The molecule has 0 saturated carbocycles. The molecular weight excluding hydrogens is 254 g/mol. The summed E-state index contributed by atoms with van der Waals surface area (Å²) in [4.78, 5) is 22.6. The quantitative estimate of drug-likeness (QED) is 0.739. The molecule has 1 amide bonds. The number of hydrogen-bond donors (Lipinski definition) is 3. The monoisotopic (exact) mass is 263 g/mol. The first-order valence-corrected chi connectivity index (χ1v) is 5.69. The van der Waals surface area contributed by atoms with Crippen LogP contribution in [0.25, 0.3) is 0 Å². The average Bonchev–Trinajstić information content (AvgIpc) is 2.63. The van der Waals surface area contributed by atoms with Crippen LogP contribution in [0.4, 0.5) is 0 Å². The van der Waals surface area contributed by atoms with Gasteiger partial charge in [-0.2, -0.15) is 0 Å². The Balaban J connectivity index is 2.69. The third-order valence-electron chi connectivity index (χ3n) is 1.84. The van der Waals surface area contributed by atoms with Crippen LogP contribution in [0, 0.1) is 0 Å². The van der Waals surface area contributed by atoms with Gasteiger partial charge in [-0.25, -0.2) is 4.79 Å². The lowest BCUT2D eigenvalue weighted by Gasteiger charge is -2.12. The van der Waals surface area contributed by atoms with E-state index in [9.17, 15) is 9.59 Å². The van der Waals surface area contributed by atoms with Crippen LogP contribution in [-0.4, -0.2) is 34.7 Å². The van der Waals surface area contributed by atoms with Gasteiger partial charge in [-0.3, -0.25) is 4.79 Å². The lowest BCUT2D eigenvalue weighted by Crippen LogP contribution is -2.41. The maximum Gasteiger partial charge on any atom is 0.326 e. The van der Waals surface area contributed by atoms with Gasteiger partial charge >= 0.3 is 5.97 Å². The zero-order valence-corrected chi connectivity index (χ0v) is 9.72. The molecule has 16 heavy (non-hydrogen) atoms. The van der Waals surface area contributed by atoms with Crippen LogP contribution < -0.4 is 5.32 Å². The summed E-state index contributed by atoms with van der Waals surface area (Å²) < 4.78 is 0. The van der Waals surface area contributed by atoms with Crippen molar-refractivity contribution in [3.05, 3.63) is 21.3 Å². The zero-order valence-electron chi connectivity index (χ0n) is 8.14. The number of carbonyl (C=O) groups excluding carboxylic acids is 1. The van der Waals surface area contributed by atoms with Gasteiger partial charge in [0.1, 0.15) is 10.9 Å². The summed E-state index contributed by atoms with van der Waals surface area (Å²) in [5.41, 5.74) is 0. The Morgan fingerprint density at radius 2 is 2.25 bits per heavy atom. The number of carbonyl (C=O) groups is 2. The molecule has 0 aliphatic carbocycles. The van der Waals surface area contributed by atoms with E-state index in [1.807, 2.05) is 0 Å². The number of halogens is 1. The Morgan fingerprint density at radius 3 is 2.69 bits per heavy atom. The van der Waals surface area contributed by atoms with Crippen LogP contribution >= 0.6 is 22.9 Å². The van der Waals surface area contributed by atoms with Crippen LogP contribution in [0.5, 0.6) is 0 Å². The molecule has 0 aliphatic heterocycles. The summed E-state index contributed by atoms with van der Waals surface area (Å²) in [5, 5.41) is 21.6. The molecule has 0 saturated heterocycles. The summed E-state index contributed by atoms with van der Waals surface area (Å²) in [6, 6.07) is 0.457. The second-order valence-electron chi connectivity index (χ2n) is 2.97. The molecule has 1 unspecified atom stereocenters. The van der Waals surface area contributed by atoms with E-state index >= 15 is 0 Å². The molecule has 88 valence electrons. The highest BCUT2D eigenvalue weighted by atomic mass is 35.5. The van der Waals surface area contributed by atoms with Crippen molar-refractivity contribution in [2.75, 3.05) is 6.61 Å². The smallest absolute Gasteiger partial charge is 0.326 e. The van der Waals surface area contributed by atoms with E-state index < -0.39 is 17.9 Å². The standard InChI is InChI=1S/C9H10ClNO4S/c10-5-2-4-16-7(5)8(13)11-6(1-3-12)9(14)15/h2,4,6,12H,1,3H2,(H,11,13)(H,14,15). The normalized spacial score (nSPS) is 12.1. The molecule has 5 nitrogen and oxygen atoms in total. The molecule has 0 spiro atoms. The van der Waals surface area contributed by atoms with Gasteiger partial charge in [0.2, 0.25) is 0 Å². The van der Waals surface area contributed by atoms with Gasteiger partial charge < -0.3 is 15.5 Å². The number of aliphatic carboxylic acids is 1. The first-order chi connectivity index (χ1) is 7.56. The highest BCUT2D eigenvalue weighted by molar-refractivity contribution is 7.12. The molecule has 0 bridgehead atoms. The number of thiophene rings is 1. The molecule has 1 atom stereocenters. The second kappa shape index (κ2) is 5.83. The summed E-state index contributed by atoms with van der Waals surface area (Å²) >= 11 is 6.86. The molecule has 7 heteroatoms. The predicted octanol–water partition coefficient (Wildman–Crippen LogP) is 0.967. The maximum absolute atomic E-state index is 11.6. The van der Waals surface area contributed by atoms with Crippen molar-refractivity contribution in [1.82, 2.24) is 5.32 Å². The Bertz CT molecular complexity index is 393. The third-order valence-corrected chi connectivity index (χ3v) is 3.18. The lowest BCUT2D eigenvalue weighted by molar-refractivity contribution is -0.139. The van der Waals surface area contributed by atoms with Gasteiger partial charge in [-0.15, -0.1) is 11.3 Å². The first kappa shape index (κ1) is 13.0. The summed E-state index contributed by atoms with van der Waals surface area (Å²) in [7, 11) is 0. The van der Waals surface area contributed by atoms with Crippen molar-refractivity contribution in [2.45, 2.75) is 12.5 Å². The molecule has 0 aliphatic rings. The number of nitrogens with one attached hydrogen (secondary N) is 1. The number of carboxylic acid groups (broad SMARTS) is 1. The SMILES string of the molecule is O=C(NC(CCO)C(=O)O)c1sccc1Cl. The minimum Gasteiger partial charge on any atom is -0.480 e. The number of rotatable bonds is 5. The fourth-order valence-electron chi connectivity index (χ4n) is 1.07. The van der Waals surface area contributed by atoms with Crippen molar-refractivity contribution in [3.63, 3.8) is 0 Å². The van der Waals surface area contributed by atoms with Gasteiger partial charge in [0.25, 0.3) is 5.91 Å². The maximum atomic E-state index is 11.6. The Hall–Kier alpha value is -1.11. The molecule has 0 aromatic carbocycles. The molecule has 0 radical (unpaired) electrons. The Labute approximate surface area is 101 Å². The van der Waals surface area contributed by atoms with Crippen LogP contribution in [0.1, 0.15) is 16.1 Å². The van der Waals surface area contributed by atoms with Crippen molar-refractivity contribution >= 4 is 34.8 Å². The summed E-state index contributed by atoms with van der Waals surface area (Å²) in [6.07, 6.45) is -0.0376. The molecular formula is C9H10ClNO4S. The summed E-state index contributed by atoms with van der Waals surface area (Å²) in [5.74, 6) is -1.73. The van der Waals surface area contributed by atoms with E-state index in [1.54, 1.807) is 11.4 Å². The van der Waals surface area contributed by atoms with Gasteiger partial charge in [-0.1, -0.05) is 11.6 Å². The number of aliphatic hydroxyl groups excluding tert-OH is 1. The van der Waals surface area contributed by atoms with Gasteiger partial charge in [0.15, 0.2) is 0 Å². The van der Waals surface area contributed by atoms with Crippen molar-refractivity contribution in [2.24, 2.45) is 0 Å². The molecule has 1 rings (SSSR count). The van der Waals surface area contributed by atoms with E-state index in [0.717, 1.165) is 11.3 Å². The molecule has 3 N–H and O–H groups in total. The average molecular weight is 264 g/mol. The minimum absolute atomic E-state index is 0.0376. The van der Waals surface area contributed by atoms with Crippen molar-refractivity contribution in [1.29, 1.82) is 0 Å². The van der Waals surface area contributed by atoms with E-state index in [-0.39, 0.29) is 22.9 Å². The zero-order chi connectivity index (χ0) is 12.1. The Kier molecular flexibility index (Phi) is 4.72. The van der Waals surface area contributed by atoms with Crippen LogP contribution in [0.3, 0.4) is 0 Å². The Morgan fingerprint density at radius 1 is 1.56 bits per heavy atom. The number of aliphatic hydroxyl groups is 1. The van der Waals surface area contributed by atoms with Gasteiger partial charge in [-0.05, 0) is 11.4 Å². The summed E-state index contributed by atoms with van der Waals surface area (Å²) in [6.45, 7) is -0.310. The highest BCUT2D eigenvalue weighted by Crippen LogP contribution is 2.21. The number of hydrogen-bond acceptors (Lipinski definition) is 4. The molecule has 1 aromatic heterocycles. The molecule has 1 aromatic rings. The van der Waals surface area contributed by atoms with E-state index in [2.05, 4.69) is 5.32 Å². The highest BCUT2D eigenvalue weighted by Gasteiger charge is 2.21. The first-order valence-electron chi connectivity index (χ1n) is 4.43. The van der Waals surface area contributed by atoms with E-state index in [1.165, 1.54) is 0 Å². The van der Waals surface area contributed by atoms with E-state index in [4.69, 9.17) is 21.8 Å². The van der Waals surface area contributed by atoms with Gasteiger partial charge in [0.05, 0.1) is 5.02 Å². The van der Waals surface area contributed by atoms with Crippen LogP contribution in [-0.2, 0) is 4.79 Å². The van der Waals surface area contributed by atoms with Crippen molar-refractivity contribution in [3.8, 4) is 0 Å². The number of amides is 1. The fraction of sp³-hybridized carbons (Fsp3) is 0.333. The van der Waals surface area contributed by atoms with Gasteiger partial charge in [0, 0.05) is 13.0 Å².